The van der Waals surface area contributed by atoms with Gasteiger partial charge in [-0.25, -0.2) is 0 Å². The van der Waals surface area contributed by atoms with Crippen molar-refractivity contribution in [3.63, 3.8) is 0 Å². The van der Waals surface area contributed by atoms with E-state index in [1.54, 1.807) is 6.08 Å². The molecule has 2 atom stereocenters. The molecule has 1 N–H and O–H groups in total. The van der Waals surface area contributed by atoms with Gasteiger partial charge < -0.3 is 9.84 Å². The number of hydrogen-bond donors (Lipinski definition) is 1. The Labute approximate surface area is 121 Å². The molecule has 2 unspecified atom stereocenters. The maximum atomic E-state index is 11.0. The summed E-state index contributed by atoms with van der Waals surface area (Å²) in [6.45, 7) is 8.36. The highest BCUT2D eigenvalue weighted by Gasteiger charge is 2.02. The first-order valence-corrected chi connectivity index (χ1v) is 6.36. The second kappa shape index (κ2) is 11.8. The van der Waals surface area contributed by atoms with E-state index in [0.717, 1.165) is 19.3 Å². The standard InChI is InChI=1S/C17H20O3/c1-4-6-7-8-9-13-17(20-15(3)18)14-11-10-12-16(19)5-2/h4-5,9,13,16-17,19H,1-2,6-8H2,3H3/b13-9+. The van der Waals surface area contributed by atoms with Gasteiger partial charge >= 0.3 is 5.97 Å². The zero-order valence-corrected chi connectivity index (χ0v) is 11.8. The number of allylic oxidation sites excluding steroid dienone is 2. The van der Waals surface area contributed by atoms with Crippen molar-refractivity contribution in [3.05, 3.63) is 37.5 Å². The lowest BCUT2D eigenvalue weighted by Gasteiger charge is -2.04. The minimum atomic E-state index is -0.897. The first kappa shape index (κ1) is 17.8. The normalized spacial score (nSPS) is 12.3. The smallest absolute Gasteiger partial charge is 0.304 e. The zero-order valence-electron chi connectivity index (χ0n) is 11.8. The van der Waals surface area contributed by atoms with Crippen LogP contribution >= 0.6 is 0 Å². The maximum absolute atomic E-state index is 11.0. The molecule has 0 aromatic heterocycles. The molecule has 0 aromatic rings. The Bertz CT molecular complexity index is 466. The highest BCUT2D eigenvalue weighted by molar-refractivity contribution is 5.66. The molecule has 0 aliphatic heterocycles. The van der Waals surface area contributed by atoms with E-state index >= 15 is 0 Å². The SMILES string of the molecule is C=CCCC/C=C/C(C#CC#CC(O)C=C)OC(C)=O. The summed E-state index contributed by atoms with van der Waals surface area (Å²) in [6, 6.07) is 0. The first-order valence-electron chi connectivity index (χ1n) is 6.36. The number of unbranched alkanes of at least 4 members (excludes halogenated alkanes) is 2. The Morgan fingerprint density at radius 2 is 2.00 bits per heavy atom. The molecular formula is C17H20O3. The van der Waals surface area contributed by atoms with Crippen LogP contribution in [-0.2, 0) is 9.53 Å². The van der Waals surface area contributed by atoms with Crippen LogP contribution in [0.2, 0.25) is 0 Å². The van der Waals surface area contributed by atoms with Crippen molar-refractivity contribution < 1.29 is 14.6 Å². The predicted molar refractivity (Wildman–Crippen MR) is 80.5 cm³/mol. The molecule has 0 aliphatic carbocycles. The fourth-order valence-corrected chi connectivity index (χ4v) is 1.17. The van der Waals surface area contributed by atoms with Crippen molar-refractivity contribution in [3.8, 4) is 23.7 Å². The van der Waals surface area contributed by atoms with Gasteiger partial charge in [0.25, 0.3) is 0 Å². The largest absolute Gasteiger partial charge is 0.445 e. The van der Waals surface area contributed by atoms with Gasteiger partial charge in [-0.3, -0.25) is 4.79 Å². The molecule has 106 valence electrons. The van der Waals surface area contributed by atoms with Crippen molar-refractivity contribution in [2.24, 2.45) is 0 Å². The van der Waals surface area contributed by atoms with Gasteiger partial charge in [0.2, 0.25) is 0 Å². The molecule has 0 fully saturated rings. The molecular weight excluding hydrogens is 252 g/mol. The molecule has 3 nitrogen and oxygen atoms in total. The van der Waals surface area contributed by atoms with Crippen LogP contribution in [0.25, 0.3) is 0 Å². The summed E-state index contributed by atoms with van der Waals surface area (Å²) in [5.74, 6) is 9.79. The molecule has 0 spiro atoms. The van der Waals surface area contributed by atoms with Crippen molar-refractivity contribution in [2.45, 2.75) is 38.4 Å². The maximum Gasteiger partial charge on any atom is 0.304 e. The molecule has 0 saturated carbocycles. The number of esters is 1. The number of aliphatic hydroxyl groups is 1. The quantitative estimate of drug-likeness (QED) is 0.335. The van der Waals surface area contributed by atoms with Crippen LogP contribution in [-0.4, -0.2) is 23.3 Å². The van der Waals surface area contributed by atoms with E-state index < -0.39 is 18.2 Å². The fraction of sp³-hybridized carbons (Fsp3) is 0.353. The zero-order chi connectivity index (χ0) is 15.2. The molecule has 0 radical (unpaired) electrons. The van der Waals surface area contributed by atoms with E-state index in [2.05, 4.69) is 36.8 Å². The topological polar surface area (TPSA) is 46.5 Å². The van der Waals surface area contributed by atoms with Crippen LogP contribution in [0.3, 0.4) is 0 Å². The van der Waals surface area contributed by atoms with Gasteiger partial charge in [0.1, 0.15) is 6.10 Å². The number of carbonyl (C=O) groups excluding carboxylic acids is 1. The lowest BCUT2D eigenvalue weighted by atomic mass is 10.2. The van der Waals surface area contributed by atoms with Crippen molar-refractivity contribution in [2.75, 3.05) is 0 Å². The number of aliphatic hydroxyl groups excluding tert-OH is 1. The summed E-state index contributed by atoms with van der Waals surface area (Å²) >= 11 is 0. The Hall–Kier alpha value is -2.23. The van der Waals surface area contributed by atoms with Crippen LogP contribution in [0.1, 0.15) is 26.2 Å². The molecule has 20 heavy (non-hydrogen) atoms. The van der Waals surface area contributed by atoms with Gasteiger partial charge in [-0.1, -0.05) is 30.7 Å². The van der Waals surface area contributed by atoms with E-state index in [0.29, 0.717) is 0 Å². The summed E-state index contributed by atoms with van der Waals surface area (Å²) < 4.78 is 5.02. The summed E-state index contributed by atoms with van der Waals surface area (Å²) in [5.41, 5.74) is 0. The first-order chi connectivity index (χ1) is 9.60. The van der Waals surface area contributed by atoms with Crippen molar-refractivity contribution >= 4 is 5.97 Å². The van der Waals surface area contributed by atoms with E-state index in [4.69, 9.17) is 9.84 Å². The van der Waals surface area contributed by atoms with E-state index in [9.17, 15) is 4.79 Å². The predicted octanol–water partition coefficient (Wildman–Crippen LogP) is 2.38. The van der Waals surface area contributed by atoms with Crippen molar-refractivity contribution in [1.82, 2.24) is 0 Å². The van der Waals surface area contributed by atoms with Gasteiger partial charge in [0.15, 0.2) is 6.10 Å². The van der Waals surface area contributed by atoms with E-state index in [1.165, 1.54) is 13.0 Å². The minimum absolute atomic E-state index is 0.404. The minimum Gasteiger partial charge on any atom is -0.445 e. The van der Waals surface area contributed by atoms with E-state index in [1.807, 2.05) is 12.2 Å². The molecule has 0 heterocycles. The number of ether oxygens (including phenoxy) is 1. The second-order valence-corrected chi connectivity index (χ2v) is 3.90. The Morgan fingerprint density at radius 1 is 1.30 bits per heavy atom. The molecule has 3 heteroatoms. The third-order valence-corrected chi connectivity index (χ3v) is 2.10. The second-order valence-electron chi connectivity index (χ2n) is 3.90. The van der Waals surface area contributed by atoms with Gasteiger partial charge in [-0.05, 0) is 43.1 Å². The Balaban J connectivity index is 4.51. The highest BCUT2D eigenvalue weighted by Crippen LogP contribution is 2.00. The van der Waals surface area contributed by atoms with Crippen LogP contribution in [0.15, 0.2) is 37.5 Å². The lowest BCUT2D eigenvalue weighted by Crippen LogP contribution is -2.11. The molecule has 0 saturated heterocycles. The summed E-state index contributed by atoms with van der Waals surface area (Å²) in [7, 11) is 0. The van der Waals surface area contributed by atoms with E-state index in [-0.39, 0.29) is 0 Å². The summed E-state index contributed by atoms with van der Waals surface area (Å²) in [5, 5.41) is 9.13. The Morgan fingerprint density at radius 3 is 2.60 bits per heavy atom. The lowest BCUT2D eigenvalue weighted by molar-refractivity contribution is -0.142. The van der Waals surface area contributed by atoms with Gasteiger partial charge in [0, 0.05) is 6.92 Å². The molecule has 0 aliphatic rings. The molecule has 0 rings (SSSR count). The average Bonchev–Trinajstić information content (AvgIpc) is 2.42. The highest BCUT2D eigenvalue weighted by atomic mass is 16.5. The molecule has 0 amide bonds. The van der Waals surface area contributed by atoms with Gasteiger partial charge in [-0.2, -0.15) is 0 Å². The van der Waals surface area contributed by atoms with Crippen molar-refractivity contribution in [1.29, 1.82) is 0 Å². The van der Waals surface area contributed by atoms with Crippen LogP contribution in [0, 0.1) is 23.7 Å². The number of carbonyl (C=O) groups is 1. The number of hydrogen-bond acceptors (Lipinski definition) is 3. The third-order valence-electron chi connectivity index (χ3n) is 2.10. The summed E-state index contributed by atoms with van der Waals surface area (Å²) in [4.78, 5) is 11.0. The third kappa shape index (κ3) is 10.9. The fourth-order valence-electron chi connectivity index (χ4n) is 1.17. The van der Waals surface area contributed by atoms with Crippen LogP contribution < -0.4 is 0 Å². The number of rotatable bonds is 7. The monoisotopic (exact) mass is 272 g/mol. The Kier molecular flexibility index (Phi) is 10.5. The van der Waals surface area contributed by atoms with Gasteiger partial charge in [0.05, 0.1) is 0 Å². The van der Waals surface area contributed by atoms with Gasteiger partial charge in [-0.15, -0.1) is 6.58 Å². The average molecular weight is 272 g/mol. The molecule has 0 aromatic carbocycles. The van der Waals surface area contributed by atoms with Crippen LogP contribution in [0.4, 0.5) is 0 Å². The summed E-state index contributed by atoms with van der Waals surface area (Å²) in [6.07, 6.45) is 8.09. The molecule has 0 bridgehead atoms. The van der Waals surface area contributed by atoms with Crippen LogP contribution in [0.5, 0.6) is 0 Å².